The summed E-state index contributed by atoms with van der Waals surface area (Å²) in [6.07, 6.45) is 0.225. The summed E-state index contributed by atoms with van der Waals surface area (Å²) in [6.45, 7) is 1.98. The van der Waals surface area contributed by atoms with Crippen molar-refractivity contribution in [3.63, 3.8) is 0 Å². The number of carbonyl (C=O) groups excluding carboxylic acids is 2. The third-order valence-corrected chi connectivity index (χ3v) is 6.92. The first-order chi connectivity index (χ1) is 15.7. The molecule has 0 aliphatic carbocycles. The number of benzene rings is 3. The monoisotopic (exact) mass is 524 g/mol. The Morgan fingerprint density at radius 1 is 1.00 bits per heavy atom. The number of amides is 1. The normalized spacial score (nSPS) is 13.6. The van der Waals surface area contributed by atoms with Crippen molar-refractivity contribution in [2.45, 2.75) is 24.8 Å². The van der Waals surface area contributed by atoms with Crippen molar-refractivity contribution < 1.29 is 18.0 Å². The fourth-order valence-corrected chi connectivity index (χ4v) is 4.78. The molecule has 1 heterocycles. The van der Waals surface area contributed by atoms with Gasteiger partial charge < -0.3 is 0 Å². The van der Waals surface area contributed by atoms with E-state index in [9.17, 15) is 18.0 Å². The molecule has 0 saturated heterocycles. The Morgan fingerprint density at radius 2 is 1.67 bits per heavy atom. The van der Waals surface area contributed by atoms with E-state index in [1.807, 2.05) is 48.5 Å². The molecule has 0 fully saturated rings. The maximum Gasteiger partial charge on any atom is 0.258 e. The van der Waals surface area contributed by atoms with Crippen LogP contribution in [0.5, 0.6) is 0 Å². The minimum Gasteiger partial charge on any atom is -0.300 e. The summed E-state index contributed by atoms with van der Waals surface area (Å²) in [7, 11) is -3.88. The number of fused-ring (bicyclic) bond motifs is 1. The lowest BCUT2D eigenvalue weighted by Gasteiger charge is -2.33. The maximum absolute atomic E-state index is 13.6. The fourth-order valence-electron chi connectivity index (χ4n) is 3.90. The van der Waals surface area contributed by atoms with Gasteiger partial charge in [0.1, 0.15) is 0 Å². The average Bonchev–Trinajstić information content (AvgIpc) is 2.82. The van der Waals surface area contributed by atoms with E-state index < -0.39 is 15.9 Å². The molecule has 1 amide bonds. The molecule has 0 saturated carbocycles. The summed E-state index contributed by atoms with van der Waals surface area (Å²) in [5, 5.41) is 5.17. The molecule has 6 nitrogen and oxygen atoms in total. The lowest BCUT2D eigenvalue weighted by Crippen LogP contribution is -2.37. The molecule has 8 heteroatoms. The maximum atomic E-state index is 13.6. The number of rotatable bonds is 5. The van der Waals surface area contributed by atoms with Crippen molar-refractivity contribution >= 4 is 43.2 Å². The van der Waals surface area contributed by atoms with Crippen LogP contribution >= 0.6 is 15.9 Å². The highest BCUT2D eigenvalue weighted by molar-refractivity contribution is 9.10. The van der Waals surface area contributed by atoms with Crippen LogP contribution < -0.4 is 5.14 Å². The second kappa shape index (κ2) is 9.05. The van der Waals surface area contributed by atoms with E-state index in [4.69, 9.17) is 5.14 Å². The number of primary sulfonamides is 1. The van der Waals surface area contributed by atoms with E-state index in [-0.39, 0.29) is 29.2 Å². The van der Waals surface area contributed by atoms with Gasteiger partial charge in [-0.1, -0.05) is 59.3 Å². The van der Waals surface area contributed by atoms with Crippen molar-refractivity contribution in [1.82, 2.24) is 4.90 Å². The highest BCUT2D eigenvalue weighted by Crippen LogP contribution is 2.39. The van der Waals surface area contributed by atoms with Gasteiger partial charge in [-0.2, -0.15) is 0 Å². The minimum atomic E-state index is -3.88. The smallest absolute Gasteiger partial charge is 0.258 e. The molecule has 0 spiro atoms. The number of carbonyl (C=O) groups is 2. The molecule has 0 radical (unpaired) electrons. The van der Waals surface area contributed by atoms with Gasteiger partial charge in [0.15, 0.2) is 5.78 Å². The first-order valence-corrected chi connectivity index (χ1v) is 12.6. The number of Topliss-reactive ketones (excluding diaryl/α,β-unsaturated/α-hetero) is 1. The Hall–Kier alpha value is -3.07. The Kier molecular flexibility index (Phi) is 6.34. The Morgan fingerprint density at radius 3 is 2.27 bits per heavy atom. The minimum absolute atomic E-state index is 0.0849. The van der Waals surface area contributed by atoms with E-state index in [0.29, 0.717) is 11.3 Å². The Labute approximate surface area is 200 Å². The quantitative estimate of drug-likeness (QED) is 0.531. The standard InChI is InChI=1S/C25H21BrN2O4S/c1-2-22(29)24-23(16-6-4-3-5-7-16)21-14-19(26)11-8-18(21)15-28(24)25(30)17-9-12-20(13-10-17)33(27,31)32/h3-14H,2,15H2,1H3,(H2,27,31,32). The molecule has 168 valence electrons. The van der Waals surface area contributed by atoms with Crippen LogP contribution in [0.15, 0.2) is 87.9 Å². The molecule has 0 aromatic heterocycles. The molecule has 1 aliphatic heterocycles. The Bertz CT molecular complexity index is 1380. The topological polar surface area (TPSA) is 97.5 Å². The zero-order valence-electron chi connectivity index (χ0n) is 17.8. The van der Waals surface area contributed by atoms with Crippen LogP contribution in [-0.2, 0) is 21.4 Å². The first-order valence-electron chi connectivity index (χ1n) is 10.3. The summed E-state index contributed by atoms with van der Waals surface area (Å²) >= 11 is 3.52. The highest BCUT2D eigenvalue weighted by atomic mass is 79.9. The number of hydrogen-bond donors (Lipinski definition) is 1. The number of allylic oxidation sites excluding steroid dienone is 1. The van der Waals surface area contributed by atoms with Crippen molar-refractivity contribution in [2.75, 3.05) is 0 Å². The zero-order chi connectivity index (χ0) is 23.8. The molecular formula is C25H21BrN2O4S. The third-order valence-electron chi connectivity index (χ3n) is 5.50. The summed E-state index contributed by atoms with van der Waals surface area (Å²) in [5.41, 5.74) is 3.90. The number of nitrogens with two attached hydrogens (primary N) is 1. The number of sulfonamides is 1. The predicted molar refractivity (Wildman–Crippen MR) is 130 cm³/mol. The molecule has 0 bridgehead atoms. The van der Waals surface area contributed by atoms with Gasteiger partial charge >= 0.3 is 0 Å². The van der Waals surface area contributed by atoms with Gasteiger partial charge in [0.05, 0.1) is 17.1 Å². The molecule has 2 N–H and O–H groups in total. The molecule has 0 atom stereocenters. The molecule has 3 aromatic rings. The van der Waals surface area contributed by atoms with Crippen LogP contribution in [0.25, 0.3) is 5.57 Å². The van der Waals surface area contributed by atoms with Gasteiger partial charge in [-0.3, -0.25) is 14.5 Å². The van der Waals surface area contributed by atoms with Crippen LogP contribution in [0, 0.1) is 0 Å². The summed E-state index contributed by atoms with van der Waals surface area (Å²) in [5.74, 6) is -0.552. The Balaban J connectivity index is 1.92. The van der Waals surface area contributed by atoms with Gasteiger partial charge in [-0.15, -0.1) is 0 Å². The highest BCUT2D eigenvalue weighted by Gasteiger charge is 2.33. The zero-order valence-corrected chi connectivity index (χ0v) is 20.2. The molecule has 4 rings (SSSR count). The van der Waals surface area contributed by atoms with Gasteiger partial charge in [0.25, 0.3) is 5.91 Å². The number of nitrogens with zero attached hydrogens (tertiary/aromatic N) is 1. The van der Waals surface area contributed by atoms with Crippen LogP contribution in [0.2, 0.25) is 0 Å². The summed E-state index contributed by atoms with van der Waals surface area (Å²) < 4.78 is 24.0. The number of hydrogen-bond acceptors (Lipinski definition) is 4. The van der Waals surface area contributed by atoms with Crippen molar-refractivity contribution in [3.8, 4) is 0 Å². The lowest BCUT2D eigenvalue weighted by atomic mass is 9.86. The largest absolute Gasteiger partial charge is 0.300 e. The molecule has 0 unspecified atom stereocenters. The molecule has 3 aromatic carbocycles. The van der Waals surface area contributed by atoms with E-state index in [2.05, 4.69) is 15.9 Å². The second-order valence-corrected chi connectivity index (χ2v) is 10.1. The predicted octanol–water partition coefficient (Wildman–Crippen LogP) is 4.49. The number of ketones is 1. The fraction of sp³-hybridized carbons (Fsp3) is 0.120. The summed E-state index contributed by atoms with van der Waals surface area (Å²) in [6, 6.07) is 20.7. The third kappa shape index (κ3) is 4.55. The second-order valence-electron chi connectivity index (χ2n) is 7.63. The average molecular weight is 525 g/mol. The van der Waals surface area contributed by atoms with Gasteiger partial charge in [0.2, 0.25) is 10.0 Å². The van der Waals surface area contributed by atoms with Gasteiger partial charge in [-0.25, -0.2) is 13.6 Å². The SMILES string of the molecule is CCC(=O)C1=C(c2ccccc2)c2cc(Br)ccc2CN1C(=O)c1ccc(S(N)(=O)=O)cc1. The van der Waals surface area contributed by atoms with Crippen LogP contribution in [-0.4, -0.2) is 25.0 Å². The van der Waals surface area contributed by atoms with E-state index >= 15 is 0 Å². The van der Waals surface area contributed by atoms with Gasteiger partial charge in [0, 0.05) is 22.0 Å². The van der Waals surface area contributed by atoms with Crippen LogP contribution in [0.4, 0.5) is 0 Å². The van der Waals surface area contributed by atoms with E-state index in [1.54, 1.807) is 6.92 Å². The number of halogens is 1. The van der Waals surface area contributed by atoms with E-state index in [1.165, 1.54) is 29.2 Å². The van der Waals surface area contributed by atoms with Gasteiger partial charge in [-0.05, 0) is 53.1 Å². The van der Waals surface area contributed by atoms with Crippen LogP contribution in [0.3, 0.4) is 0 Å². The van der Waals surface area contributed by atoms with E-state index in [0.717, 1.165) is 21.2 Å². The molecular weight excluding hydrogens is 504 g/mol. The first kappa shape index (κ1) is 23.1. The van der Waals surface area contributed by atoms with Crippen LogP contribution in [0.1, 0.15) is 40.4 Å². The van der Waals surface area contributed by atoms with Crippen molar-refractivity contribution in [1.29, 1.82) is 0 Å². The molecule has 1 aliphatic rings. The van der Waals surface area contributed by atoms with Crippen molar-refractivity contribution in [2.24, 2.45) is 5.14 Å². The van der Waals surface area contributed by atoms with Crippen molar-refractivity contribution in [3.05, 3.63) is 105 Å². The lowest BCUT2D eigenvalue weighted by molar-refractivity contribution is -0.116. The molecule has 33 heavy (non-hydrogen) atoms. The summed E-state index contributed by atoms with van der Waals surface area (Å²) in [4.78, 5) is 28.2.